The molecule has 0 amide bonds. The van der Waals surface area contributed by atoms with Crippen LogP contribution in [0, 0.1) is 6.92 Å². The Bertz CT molecular complexity index is 295. The molecule has 1 aliphatic heterocycles. The lowest BCUT2D eigenvalue weighted by atomic mass is 9.91. The van der Waals surface area contributed by atoms with Crippen LogP contribution >= 0.6 is 0 Å². The molecule has 2 rings (SSSR count). The van der Waals surface area contributed by atoms with E-state index in [1.165, 1.54) is 0 Å². The first-order valence-electron chi connectivity index (χ1n) is 5.20. The summed E-state index contributed by atoms with van der Waals surface area (Å²) in [7, 11) is 0. The SMILES string of the molecule is Cc1ccc(C2CCNC(CO)C2)o1. The van der Waals surface area contributed by atoms with Crippen molar-refractivity contribution in [2.24, 2.45) is 0 Å². The smallest absolute Gasteiger partial charge is 0.107 e. The summed E-state index contributed by atoms with van der Waals surface area (Å²) in [6, 6.07) is 4.30. The van der Waals surface area contributed by atoms with Crippen molar-refractivity contribution in [1.82, 2.24) is 5.32 Å². The molecule has 1 aromatic rings. The van der Waals surface area contributed by atoms with Crippen molar-refractivity contribution in [3.63, 3.8) is 0 Å². The van der Waals surface area contributed by atoms with Crippen LogP contribution in [0.5, 0.6) is 0 Å². The molecule has 1 saturated heterocycles. The summed E-state index contributed by atoms with van der Waals surface area (Å²) in [5.74, 6) is 2.52. The van der Waals surface area contributed by atoms with Crippen LogP contribution in [0.2, 0.25) is 0 Å². The highest BCUT2D eigenvalue weighted by Crippen LogP contribution is 2.28. The number of aryl methyl sites for hydroxylation is 1. The Morgan fingerprint density at radius 1 is 1.57 bits per heavy atom. The lowest BCUT2D eigenvalue weighted by Gasteiger charge is -2.27. The van der Waals surface area contributed by atoms with E-state index in [0.717, 1.165) is 30.9 Å². The van der Waals surface area contributed by atoms with Gasteiger partial charge in [-0.2, -0.15) is 0 Å². The largest absolute Gasteiger partial charge is 0.466 e. The van der Waals surface area contributed by atoms with Gasteiger partial charge in [-0.05, 0) is 38.4 Å². The molecule has 3 heteroatoms. The number of aliphatic hydroxyl groups is 1. The van der Waals surface area contributed by atoms with Crippen LogP contribution in [0.1, 0.15) is 30.3 Å². The first-order chi connectivity index (χ1) is 6.79. The molecule has 0 saturated carbocycles. The van der Waals surface area contributed by atoms with Gasteiger partial charge in [0.05, 0.1) is 6.61 Å². The normalized spacial score (nSPS) is 27.9. The molecule has 0 spiro atoms. The molecule has 0 radical (unpaired) electrons. The average Bonchev–Trinajstić information content (AvgIpc) is 2.65. The van der Waals surface area contributed by atoms with E-state index in [2.05, 4.69) is 11.4 Å². The summed E-state index contributed by atoms with van der Waals surface area (Å²) in [5, 5.41) is 12.4. The Balaban J connectivity index is 2.04. The Hall–Kier alpha value is -0.800. The molecule has 2 N–H and O–H groups in total. The van der Waals surface area contributed by atoms with Gasteiger partial charge in [-0.3, -0.25) is 0 Å². The van der Waals surface area contributed by atoms with E-state index >= 15 is 0 Å². The predicted molar refractivity (Wildman–Crippen MR) is 54.3 cm³/mol. The summed E-state index contributed by atoms with van der Waals surface area (Å²) in [5.41, 5.74) is 0. The molecule has 1 aromatic heterocycles. The molecule has 3 nitrogen and oxygen atoms in total. The van der Waals surface area contributed by atoms with Crippen molar-refractivity contribution in [3.05, 3.63) is 23.7 Å². The van der Waals surface area contributed by atoms with E-state index in [0.29, 0.717) is 5.92 Å². The molecular weight excluding hydrogens is 178 g/mol. The van der Waals surface area contributed by atoms with Crippen LogP contribution in [0.4, 0.5) is 0 Å². The van der Waals surface area contributed by atoms with Crippen LogP contribution in [-0.4, -0.2) is 24.3 Å². The van der Waals surface area contributed by atoms with E-state index in [1.54, 1.807) is 0 Å². The third-order valence-electron chi connectivity index (χ3n) is 2.88. The molecule has 2 atom stereocenters. The van der Waals surface area contributed by atoms with Crippen LogP contribution in [0.25, 0.3) is 0 Å². The van der Waals surface area contributed by atoms with Gasteiger partial charge >= 0.3 is 0 Å². The second-order valence-electron chi connectivity index (χ2n) is 4.00. The number of aliphatic hydroxyl groups excluding tert-OH is 1. The molecule has 14 heavy (non-hydrogen) atoms. The van der Waals surface area contributed by atoms with Gasteiger partial charge in [0.2, 0.25) is 0 Å². The third-order valence-corrected chi connectivity index (χ3v) is 2.88. The maximum atomic E-state index is 9.07. The minimum atomic E-state index is 0.218. The van der Waals surface area contributed by atoms with Gasteiger partial charge < -0.3 is 14.8 Å². The summed E-state index contributed by atoms with van der Waals surface area (Å²) < 4.78 is 5.61. The van der Waals surface area contributed by atoms with Crippen molar-refractivity contribution >= 4 is 0 Å². The molecule has 0 aliphatic carbocycles. The maximum absolute atomic E-state index is 9.07. The standard InChI is InChI=1S/C11H17NO2/c1-8-2-3-11(14-8)9-4-5-12-10(6-9)7-13/h2-3,9-10,12-13H,4-7H2,1H3. The van der Waals surface area contributed by atoms with Crippen LogP contribution in [0.3, 0.4) is 0 Å². The van der Waals surface area contributed by atoms with E-state index in [9.17, 15) is 0 Å². The van der Waals surface area contributed by atoms with Crippen molar-refractivity contribution < 1.29 is 9.52 Å². The van der Waals surface area contributed by atoms with Crippen molar-refractivity contribution in [1.29, 1.82) is 0 Å². The molecule has 2 heterocycles. The topological polar surface area (TPSA) is 45.4 Å². The first-order valence-corrected chi connectivity index (χ1v) is 5.20. The minimum Gasteiger partial charge on any atom is -0.466 e. The van der Waals surface area contributed by atoms with E-state index < -0.39 is 0 Å². The van der Waals surface area contributed by atoms with Crippen LogP contribution < -0.4 is 5.32 Å². The maximum Gasteiger partial charge on any atom is 0.107 e. The summed E-state index contributed by atoms with van der Waals surface area (Å²) in [6.45, 7) is 3.15. The van der Waals surface area contributed by atoms with Crippen molar-refractivity contribution in [2.45, 2.75) is 31.7 Å². The fraction of sp³-hybridized carbons (Fsp3) is 0.636. The molecule has 0 aromatic carbocycles. The average molecular weight is 195 g/mol. The van der Waals surface area contributed by atoms with Gasteiger partial charge in [-0.15, -0.1) is 0 Å². The second-order valence-corrected chi connectivity index (χ2v) is 4.00. The van der Waals surface area contributed by atoms with E-state index in [4.69, 9.17) is 9.52 Å². The predicted octanol–water partition coefficient (Wildman–Crippen LogP) is 1.42. The Morgan fingerprint density at radius 3 is 3.07 bits per heavy atom. The van der Waals surface area contributed by atoms with Gasteiger partial charge in [0.1, 0.15) is 11.5 Å². The van der Waals surface area contributed by atoms with Gasteiger partial charge in [0.25, 0.3) is 0 Å². The molecule has 2 unspecified atom stereocenters. The number of rotatable bonds is 2. The first kappa shape index (κ1) is 9.74. The second kappa shape index (κ2) is 4.15. The van der Waals surface area contributed by atoms with Crippen LogP contribution in [-0.2, 0) is 0 Å². The Labute approximate surface area is 84.1 Å². The highest BCUT2D eigenvalue weighted by atomic mass is 16.3. The quantitative estimate of drug-likeness (QED) is 0.750. The number of piperidine rings is 1. The zero-order valence-electron chi connectivity index (χ0n) is 8.49. The highest BCUT2D eigenvalue weighted by Gasteiger charge is 2.24. The summed E-state index contributed by atoms with van der Waals surface area (Å²) in [4.78, 5) is 0. The van der Waals surface area contributed by atoms with Crippen molar-refractivity contribution in [2.75, 3.05) is 13.2 Å². The Morgan fingerprint density at radius 2 is 2.43 bits per heavy atom. The van der Waals surface area contributed by atoms with Gasteiger partial charge in [0.15, 0.2) is 0 Å². The van der Waals surface area contributed by atoms with Gasteiger partial charge in [-0.25, -0.2) is 0 Å². The van der Waals surface area contributed by atoms with Crippen LogP contribution in [0.15, 0.2) is 16.5 Å². The van der Waals surface area contributed by atoms with Gasteiger partial charge in [0, 0.05) is 12.0 Å². The number of hydrogen-bond donors (Lipinski definition) is 2. The summed E-state index contributed by atoms with van der Waals surface area (Å²) in [6.07, 6.45) is 2.08. The lowest BCUT2D eigenvalue weighted by molar-refractivity contribution is 0.204. The number of hydrogen-bond acceptors (Lipinski definition) is 3. The van der Waals surface area contributed by atoms with E-state index in [1.807, 2.05) is 13.0 Å². The highest BCUT2D eigenvalue weighted by molar-refractivity contribution is 5.11. The molecule has 1 aliphatic rings. The monoisotopic (exact) mass is 195 g/mol. The molecule has 78 valence electrons. The number of nitrogens with one attached hydrogen (secondary N) is 1. The third kappa shape index (κ3) is 1.99. The summed E-state index contributed by atoms with van der Waals surface area (Å²) >= 11 is 0. The molecule has 1 fully saturated rings. The van der Waals surface area contributed by atoms with Crippen molar-refractivity contribution in [3.8, 4) is 0 Å². The molecular formula is C11H17NO2. The zero-order valence-corrected chi connectivity index (χ0v) is 8.49. The van der Waals surface area contributed by atoms with E-state index in [-0.39, 0.29) is 12.6 Å². The van der Waals surface area contributed by atoms with Gasteiger partial charge in [-0.1, -0.05) is 0 Å². The fourth-order valence-corrected chi connectivity index (χ4v) is 2.08. The lowest BCUT2D eigenvalue weighted by Crippen LogP contribution is -2.39. The Kier molecular flexibility index (Phi) is 2.89. The zero-order chi connectivity index (χ0) is 9.97. The fourth-order valence-electron chi connectivity index (χ4n) is 2.08. The minimum absolute atomic E-state index is 0.218. The molecule has 0 bridgehead atoms. The number of furan rings is 1.